The molecule has 0 spiro atoms. The number of carbonyl (C=O) groups excluding carboxylic acids is 1. The van der Waals surface area contributed by atoms with E-state index >= 15 is 0 Å². The van der Waals surface area contributed by atoms with Crippen LogP contribution in [0.1, 0.15) is 51.6 Å². The Hall–Kier alpha value is -3.76. The molecule has 0 saturated heterocycles. The van der Waals surface area contributed by atoms with Crippen LogP contribution in [0.4, 0.5) is 11.5 Å². The van der Waals surface area contributed by atoms with Crippen molar-refractivity contribution in [3.63, 3.8) is 0 Å². The number of carbonyl (C=O) groups is 1. The lowest BCUT2D eigenvalue weighted by Gasteiger charge is -2.32. The van der Waals surface area contributed by atoms with Crippen molar-refractivity contribution in [3.05, 3.63) is 58.0 Å². The molecule has 0 fully saturated rings. The maximum absolute atomic E-state index is 13.4. The van der Waals surface area contributed by atoms with Crippen LogP contribution in [0.3, 0.4) is 0 Å². The smallest absolute Gasteiger partial charge is 0.345 e. The number of nitrogen functional groups attached to an aromatic ring is 2. The Kier molecular flexibility index (Phi) is 11.4. The highest BCUT2D eigenvalue weighted by molar-refractivity contribution is 7.07. The molecule has 4 aromatic rings. The number of nitrogens with two attached hydrogens (primary N) is 2. The average molecular weight is 600 g/mol. The molecule has 3 aromatic heterocycles. The predicted molar refractivity (Wildman–Crippen MR) is 160 cm³/mol. The molecule has 41 heavy (non-hydrogen) atoms. The van der Waals surface area contributed by atoms with Gasteiger partial charge in [-0.15, -0.1) is 23.7 Å². The molecule has 4 N–H and O–H groups in total. The minimum atomic E-state index is -1.51. The quantitative estimate of drug-likeness (QED) is 0.101. The van der Waals surface area contributed by atoms with E-state index in [1.54, 1.807) is 41.4 Å². The first kappa shape index (κ1) is 31.8. The Morgan fingerprint density at radius 2 is 1.95 bits per heavy atom. The van der Waals surface area contributed by atoms with Gasteiger partial charge in [0.25, 0.3) is 0 Å². The fourth-order valence-electron chi connectivity index (χ4n) is 4.04. The first-order valence-electron chi connectivity index (χ1n) is 13.1. The molecule has 3 heterocycles. The van der Waals surface area contributed by atoms with Gasteiger partial charge in [0.1, 0.15) is 11.7 Å². The molecule has 3 atom stereocenters. The lowest BCUT2D eigenvalue weighted by atomic mass is 9.91. The number of aromatic nitrogens is 5. The van der Waals surface area contributed by atoms with Crippen LogP contribution in [0.25, 0.3) is 11.2 Å². The van der Waals surface area contributed by atoms with E-state index in [9.17, 15) is 4.79 Å². The standard InChI is InChI=1S/C26H28ClN7O4S.C2H6/c1-4-6-20(34-14-30-21-22(29)32-25(27)33-23(21)34)38-16(3)12-37-26(24(35)36-5-2,19-13-39-15-31-19)11-17-7-9-18(28)10-8-17;1-2/h1,7-10,13-16,20H,5-6,11-12,28H2,2-3H3,(H2,29,32,33);1-2H3. The number of terminal acetylenes is 1. The highest BCUT2D eigenvalue weighted by Gasteiger charge is 2.45. The van der Waals surface area contributed by atoms with Crippen molar-refractivity contribution in [2.24, 2.45) is 0 Å². The number of anilines is 2. The Balaban J connectivity index is 0.00000226. The minimum absolute atomic E-state index is 0.0108. The van der Waals surface area contributed by atoms with E-state index in [-0.39, 0.29) is 37.2 Å². The maximum Gasteiger partial charge on any atom is 0.345 e. The molecule has 0 saturated carbocycles. The number of benzene rings is 1. The summed E-state index contributed by atoms with van der Waals surface area (Å²) in [7, 11) is 0. The number of ether oxygens (including phenoxy) is 3. The van der Waals surface area contributed by atoms with E-state index < -0.39 is 23.9 Å². The zero-order valence-corrected chi connectivity index (χ0v) is 25.0. The van der Waals surface area contributed by atoms with Crippen LogP contribution in [0.15, 0.2) is 41.5 Å². The summed E-state index contributed by atoms with van der Waals surface area (Å²) in [6.07, 6.45) is 6.32. The first-order valence-corrected chi connectivity index (χ1v) is 14.4. The Morgan fingerprint density at radius 3 is 2.59 bits per heavy atom. The molecule has 3 unspecified atom stereocenters. The monoisotopic (exact) mass is 599 g/mol. The molecule has 1 aromatic carbocycles. The van der Waals surface area contributed by atoms with Crippen molar-refractivity contribution in [2.75, 3.05) is 24.7 Å². The zero-order chi connectivity index (χ0) is 30.0. The SMILES string of the molecule is C#CCC(OC(C)COC(Cc1ccc(N)cc1)(C(=O)OCC)c1cscn1)n1cnc2c(N)nc(Cl)nc21.CC. The van der Waals surface area contributed by atoms with Gasteiger partial charge in [-0.1, -0.05) is 26.0 Å². The second kappa shape index (κ2) is 14.7. The number of nitrogens with zero attached hydrogens (tertiary/aromatic N) is 5. The number of thiazole rings is 1. The minimum Gasteiger partial charge on any atom is -0.464 e. The largest absolute Gasteiger partial charge is 0.464 e. The van der Waals surface area contributed by atoms with Crippen molar-refractivity contribution in [1.82, 2.24) is 24.5 Å². The van der Waals surface area contributed by atoms with Crippen LogP contribution in [-0.2, 0) is 31.0 Å². The van der Waals surface area contributed by atoms with Crippen molar-refractivity contribution in [2.45, 2.75) is 58.5 Å². The summed E-state index contributed by atoms with van der Waals surface area (Å²) in [5.41, 5.74) is 14.6. The molecule has 4 rings (SSSR count). The second-order valence-corrected chi connectivity index (χ2v) is 9.72. The maximum atomic E-state index is 13.4. The van der Waals surface area contributed by atoms with Gasteiger partial charge in [-0.25, -0.2) is 14.8 Å². The van der Waals surface area contributed by atoms with Crippen molar-refractivity contribution < 1.29 is 19.0 Å². The van der Waals surface area contributed by atoms with Crippen LogP contribution in [0.2, 0.25) is 5.28 Å². The topological polar surface area (TPSA) is 153 Å². The van der Waals surface area contributed by atoms with Gasteiger partial charge in [0.15, 0.2) is 11.5 Å². The predicted octanol–water partition coefficient (Wildman–Crippen LogP) is 4.77. The summed E-state index contributed by atoms with van der Waals surface area (Å²) in [5.74, 6) is 2.20. The van der Waals surface area contributed by atoms with Gasteiger partial charge in [-0.05, 0) is 43.1 Å². The third-order valence-electron chi connectivity index (χ3n) is 5.86. The lowest BCUT2D eigenvalue weighted by molar-refractivity contribution is -0.183. The summed E-state index contributed by atoms with van der Waals surface area (Å²) in [6.45, 7) is 7.73. The molecular formula is C28H34ClN7O4S. The molecule has 0 aliphatic carbocycles. The molecule has 13 heteroatoms. The third kappa shape index (κ3) is 7.51. The highest BCUT2D eigenvalue weighted by Crippen LogP contribution is 2.33. The highest BCUT2D eigenvalue weighted by atomic mass is 35.5. The van der Waals surface area contributed by atoms with E-state index in [4.69, 9.17) is 43.7 Å². The van der Waals surface area contributed by atoms with Crippen LogP contribution in [-0.4, -0.2) is 49.8 Å². The summed E-state index contributed by atoms with van der Waals surface area (Å²) in [5, 5.41) is 1.74. The molecule has 0 aliphatic rings. The van der Waals surface area contributed by atoms with Crippen LogP contribution in [0.5, 0.6) is 0 Å². The second-order valence-electron chi connectivity index (χ2n) is 8.66. The van der Waals surface area contributed by atoms with E-state index in [1.165, 1.54) is 17.7 Å². The van der Waals surface area contributed by atoms with E-state index in [0.717, 1.165) is 5.56 Å². The summed E-state index contributed by atoms with van der Waals surface area (Å²) < 4.78 is 19.8. The van der Waals surface area contributed by atoms with Crippen molar-refractivity contribution in [1.29, 1.82) is 0 Å². The summed E-state index contributed by atoms with van der Waals surface area (Å²) >= 11 is 7.37. The van der Waals surface area contributed by atoms with Crippen molar-refractivity contribution in [3.8, 4) is 12.3 Å². The number of hydrogen-bond acceptors (Lipinski definition) is 11. The van der Waals surface area contributed by atoms with Gasteiger partial charge < -0.3 is 25.7 Å². The van der Waals surface area contributed by atoms with Crippen LogP contribution >= 0.6 is 22.9 Å². The number of imidazole rings is 1. The number of rotatable bonds is 12. The number of hydrogen-bond donors (Lipinski definition) is 2. The molecule has 218 valence electrons. The van der Waals surface area contributed by atoms with Gasteiger partial charge in [-0.3, -0.25) is 4.57 Å². The van der Waals surface area contributed by atoms with E-state index in [0.29, 0.717) is 22.5 Å². The molecular weight excluding hydrogens is 566 g/mol. The normalized spacial score (nSPS) is 13.9. The molecule has 0 bridgehead atoms. The Morgan fingerprint density at radius 1 is 1.22 bits per heavy atom. The van der Waals surface area contributed by atoms with Gasteiger partial charge in [-0.2, -0.15) is 9.97 Å². The Labute approximate surface area is 248 Å². The van der Waals surface area contributed by atoms with E-state index in [1.807, 2.05) is 26.0 Å². The average Bonchev–Trinajstić information content (AvgIpc) is 3.64. The fourth-order valence-corrected chi connectivity index (χ4v) is 4.82. The number of fused-ring (bicyclic) bond motifs is 1. The summed E-state index contributed by atoms with van der Waals surface area (Å²) in [6, 6.07) is 7.20. The number of halogens is 1. The molecule has 0 amide bonds. The lowest BCUT2D eigenvalue weighted by Crippen LogP contribution is -2.44. The zero-order valence-electron chi connectivity index (χ0n) is 23.4. The fraction of sp³-hybridized carbons (Fsp3) is 0.393. The third-order valence-corrected chi connectivity index (χ3v) is 6.62. The van der Waals surface area contributed by atoms with Crippen LogP contribution < -0.4 is 11.5 Å². The number of esters is 1. The molecule has 0 radical (unpaired) electrons. The molecule has 11 nitrogen and oxygen atoms in total. The van der Waals surface area contributed by atoms with Crippen LogP contribution in [0, 0.1) is 12.3 Å². The summed E-state index contributed by atoms with van der Waals surface area (Å²) in [4.78, 5) is 30.3. The molecule has 0 aliphatic heterocycles. The van der Waals surface area contributed by atoms with E-state index in [2.05, 4.69) is 25.9 Å². The Bertz CT molecular complexity index is 1460. The van der Waals surface area contributed by atoms with Gasteiger partial charge >= 0.3 is 5.97 Å². The van der Waals surface area contributed by atoms with Gasteiger partial charge in [0, 0.05) is 17.5 Å². The van der Waals surface area contributed by atoms with Gasteiger partial charge in [0.2, 0.25) is 10.9 Å². The van der Waals surface area contributed by atoms with Crippen molar-refractivity contribution >= 4 is 51.6 Å². The first-order chi connectivity index (χ1) is 19.8. The van der Waals surface area contributed by atoms with Gasteiger partial charge in [0.05, 0.1) is 43.3 Å².